The maximum Gasteiger partial charge on any atom is 0.343 e. The zero-order valence-electron chi connectivity index (χ0n) is 13.9. The molecule has 6 heteroatoms. The van der Waals surface area contributed by atoms with Gasteiger partial charge in [-0.1, -0.05) is 41.9 Å². The lowest BCUT2D eigenvalue weighted by Crippen LogP contribution is -2.36. The van der Waals surface area contributed by atoms with E-state index in [0.29, 0.717) is 32.9 Å². The predicted molar refractivity (Wildman–Crippen MR) is 96.8 cm³/mol. The van der Waals surface area contributed by atoms with Crippen LogP contribution in [0, 0.1) is 5.92 Å². The van der Waals surface area contributed by atoms with Crippen molar-refractivity contribution in [1.29, 1.82) is 0 Å². The van der Waals surface area contributed by atoms with Gasteiger partial charge in [0.25, 0.3) is 0 Å². The Hall–Kier alpha value is -2.79. The molecule has 3 aromatic rings. The van der Waals surface area contributed by atoms with Crippen LogP contribution in [0.15, 0.2) is 57.7 Å². The Balaban J connectivity index is 2.03. The number of ether oxygens (including phenoxy) is 2. The van der Waals surface area contributed by atoms with Gasteiger partial charge in [0, 0.05) is 10.9 Å². The van der Waals surface area contributed by atoms with E-state index in [9.17, 15) is 9.59 Å². The summed E-state index contributed by atoms with van der Waals surface area (Å²) in [7, 11) is 1.31. The van der Waals surface area contributed by atoms with Gasteiger partial charge in [0.2, 0.25) is 0 Å². The summed E-state index contributed by atoms with van der Waals surface area (Å²) in [6, 6.07) is 14.3. The van der Waals surface area contributed by atoms with Crippen LogP contribution in [0.3, 0.4) is 0 Å². The van der Waals surface area contributed by atoms with Gasteiger partial charge in [0.1, 0.15) is 23.9 Å². The summed E-state index contributed by atoms with van der Waals surface area (Å²) in [6.45, 7) is 0.0863. The maximum atomic E-state index is 12.8. The molecular formula is C20H15ClO5. The summed E-state index contributed by atoms with van der Waals surface area (Å²) < 4.78 is 16.3. The molecule has 0 fully saturated rings. The first-order chi connectivity index (χ1) is 12.6. The number of hydrogen-bond acceptors (Lipinski definition) is 5. The first kappa shape index (κ1) is 16.7. The Morgan fingerprint density at radius 2 is 1.88 bits per heavy atom. The van der Waals surface area contributed by atoms with Crippen LogP contribution < -0.4 is 10.4 Å². The van der Waals surface area contributed by atoms with Crippen molar-refractivity contribution in [2.75, 3.05) is 13.7 Å². The lowest BCUT2D eigenvalue weighted by atomic mass is 9.79. The highest BCUT2D eigenvalue weighted by atomic mass is 35.5. The highest BCUT2D eigenvalue weighted by Gasteiger charge is 2.41. The van der Waals surface area contributed by atoms with E-state index in [1.54, 1.807) is 30.3 Å². The molecule has 0 unspecified atom stereocenters. The number of carbonyl (C=O) groups is 1. The van der Waals surface area contributed by atoms with E-state index < -0.39 is 23.4 Å². The second kappa shape index (κ2) is 6.50. The molecule has 5 nitrogen and oxygen atoms in total. The number of hydrogen-bond donors (Lipinski definition) is 0. The van der Waals surface area contributed by atoms with Crippen molar-refractivity contribution in [3.63, 3.8) is 0 Å². The second-order valence-electron chi connectivity index (χ2n) is 6.07. The van der Waals surface area contributed by atoms with Crippen LogP contribution in [0.1, 0.15) is 17.0 Å². The van der Waals surface area contributed by atoms with Gasteiger partial charge in [-0.15, -0.1) is 0 Å². The van der Waals surface area contributed by atoms with Crippen LogP contribution in [0.5, 0.6) is 5.75 Å². The van der Waals surface area contributed by atoms with E-state index in [-0.39, 0.29) is 6.61 Å². The van der Waals surface area contributed by atoms with Crippen LogP contribution >= 0.6 is 11.6 Å². The molecular weight excluding hydrogens is 356 g/mol. The monoisotopic (exact) mass is 370 g/mol. The fourth-order valence-electron chi connectivity index (χ4n) is 3.49. The minimum Gasteiger partial charge on any atom is -0.491 e. The van der Waals surface area contributed by atoms with Gasteiger partial charge in [-0.05, 0) is 23.8 Å². The summed E-state index contributed by atoms with van der Waals surface area (Å²) >= 11 is 6.38. The first-order valence-electron chi connectivity index (χ1n) is 8.12. The fourth-order valence-corrected chi connectivity index (χ4v) is 3.74. The first-order valence-corrected chi connectivity index (χ1v) is 8.50. The zero-order chi connectivity index (χ0) is 18.3. The van der Waals surface area contributed by atoms with Crippen molar-refractivity contribution < 1.29 is 18.7 Å². The third kappa shape index (κ3) is 2.56. The molecule has 1 aromatic heterocycles. The van der Waals surface area contributed by atoms with E-state index in [1.807, 2.05) is 18.2 Å². The number of rotatable bonds is 2. The molecule has 1 aliphatic rings. The largest absolute Gasteiger partial charge is 0.491 e. The molecule has 26 heavy (non-hydrogen) atoms. The summed E-state index contributed by atoms with van der Waals surface area (Å²) in [6.07, 6.45) is 0. The molecule has 0 bridgehead atoms. The maximum absolute atomic E-state index is 12.8. The molecule has 0 radical (unpaired) electrons. The Morgan fingerprint density at radius 3 is 2.65 bits per heavy atom. The summed E-state index contributed by atoms with van der Waals surface area (Å²) in [4.78, 5) is 25.2. The van der Waals surface area contributed by atoms with E-state index in [4.69, 9.17) is 25.5 Å². The fraction of sp³-hybridized carbons (Fsp3) is 0.200. The van der Waals surface area contributed by atoms with Crippen LogP contribution in [0.2, 0.25) is 5.02 Å². The molecule has 0 aliphatic carbocycles. The minimum atomic E-state index is -0.698. The smallest absolute Gasteiger partial charge is 0.343 e. The molecule has 2 heterocycles. The quantitative estimate of drug-likeness (QED) is 0.507. The van der Waals surface area contributed by atoms with Crippen molar-refractivity contribution in [1.82, 2.24) is 0 Å². The van der Waals surface area contributed by atoms with Crippen molar-refractivity contribution in [2.24, 2.45) is 5.92 Å². The van der Waals surface area contributed by atoms with Crippen molar-refractivity contribution in [3.8, 4) is 5.75 Å². The van der Waals surface area contributed by atoms with Gasteiger partial charge < -0.3 is 13.9 Å². The van der Waals surface area contributed by atoms with E-state index in [1.165, 1.54) is 7.11 Å². The molecule has 132 valence electrons. The Kier molecular flexibility index (Phi) is 4.17. The number of methoxy groups -OCH3 is 1. The molecule has 0 saturated carbocycles. The van der Waals surface area contributed by atoms with Gasteiger partial charge in [0.15, 0.2) is 0 Å². The van der Waals surface area contributed by atoms with Crippen LogP contribution in [-0.4, -0.2) is 19.7 Å². The molecule has 4 rings (SSSR count). The summed E-state index contributed by atoms with van der Waals surface area (Å²) in [5, 5.41) is 1.15. The zero-order valence-corrected chi connectivity index (χ0v) is 14.7. The van der Waals surface area contributed by atoms with Crippen molar-refractivity contribution in [2.45, 2.75) is 5.92 Å². The number of halogens is 1. The van der Waals surface area contributed by atoms with Crippen molar-refractivity contribution >= 4 is 28.5 Å². The predicted octanol–water partition coefficient (Wildman–Crippen LogP) is 3.76. The van der Waals surface area contributed by atoms with Crippen LogP contribution in [0.25, 0.3) is 11.0 Å². The molecule has 2 aromatic carbocycles. The Labute approximate surface area is 154 Å². The lowest BCUT2D eigenvalue weighted by Gasteiger charge is -2.32. The summed E-state index contributed by atoms with van der Waals surface area (Å²) in [5.74, 6) is -1.34. The normalized spacial score (nSPS) is 18.8. The van der Waals surface area contributed by atoms with Crippen LogP contribution in [-0.2, 0) is 9.53 Å². The highest BCUT2D eigenvalue weighted by Crippen LogP contribution is 2.44. The average Bonchev–Trinajstić information content (AvgIpc) is 2.67. The minimum absolute atomic E-state index is 0.0863. The molecule has 1 aliphatic heterocycles. The number of carbonyl (C=O) groups excluding carboxylic acids is 1. The molecule has 0 amide bonds. The standard InChI is InChI=1S/C20H15ClO5/c1-24-19(22)13-10-25-18-12-7-3-5-9-15(12)26-20(23)17(18)16(13)11-6-2-4-8-14(11)21/h2-9,13,16H,10H2,1H3/t13-,16-/m1/s1. The topological polar surface area (TPSA) is 65.7 Å². The number of benzene rings is 2. The van der Waals surface area contributed by atoms with E-state index in [2.05, 4.69) is 0 Å². The van der Waals surface area contributed by atoms with Crippen molar-refractivity contribution in [3.05, 3.63) is 75.1 Å². The Morgan fingerprint density at radius 1 is 1.15 bits per heavy atom. The second-order valence-corrected chi connectivity index (χ2v) is 6.48. The van der Waals surface area contributed by atoms with Gasteiger partial charge in [0.05, 0.1) is 18.1 Å². The lowest BCUT2D eigenvalue weighted by molar-refractivity contribution is -0.147. The molecule has 0 spiro atoms. The SMILES string of the molecule is COC(=O)[C@@H]1COc2c(c(=O)oc3ccccc23)[C@@H]1c1ccccc1Cl. The van der Waals surface area contributed by atoms with E-state index in [0.717, 1.165) is 0 Å². The molecule has 0 saturated heterocycles. The third-order valence-electron chi connectivity index (χ3n) is 4.66. The van der Waals surface area contributed by atoms with Gasteiger partial charge in [-0.2, -0.15) is 0 Å². The number of para-hydroxylation sites is 1. The Bertz CT molecular complexity index is 1060. The van der Waals surface area contributed by atoms with Crippen LogP contribution in [0.4, 0.5) is 0 Å². The third-order valence-corrected chi connectivity index (χ3v) is 5.01. The van der Waals surface area contributed by atoms with E-state index >= 15 is 0 Å². The summed E-state index contributed by atoms with van der Waals surface area (Å²) in [5.41, 5.74) is 0.845. The van der Waals surface area contributed by atoms with Gasteiger partial charge >= 0.3 is 11.6 Å². The molecule has 2 atom stereocenters. The van der Waals surface area contributed by atoms with Gasteiger partial charge in [-0.25, -0.2) is 4.79 Å². The highest BCUT2D eigenvalue weighted by molar-refractivity contribution is 6.31. The van der Waals surface area contributed by atoms with Gasteiger partial charge in [-0.3, -0.25) is 4.79 Å². The average molecular weight is 371 g/mol. The molecule has 0 N–H and O–H groups in total. The number of esters is 1. The number of fused-ring (bicyclic) bond motifs is 3.